The van der Waals surface area contributed by atoms with Gasteiger partial charge in [0.2, 0.25) is 0 Å². The third-order valence-corrected chi connectivity index (χ3v) is 3.35. The predicted molar refractivity (Wildman–Crippen MR) is 79.1 cm³/mol. The van der Waals surface area contributed by atoms with Crippen molar-refractivity contribution >= 4 is 5.69 Å². The Hall–Kier alpha value is -2.07. The summed E-state index contributed by atoms with van der Waals surface area (Å²) < 4.78 is 11.2. The Kier molecular flexibility index (Phi) is 3.56. The van der Waals surface area contributed by atoms with Crippen molar-refractivity contribution in [2.24, 2.45) is 0 Å². The summed E-state index contributed by atoms with van der Waals surface area (Å²) in [5.41, 5.74) is 4.30. The van der Waals surface area contributed by atoms with Gasteiger partial charge in [-0.1, -0.05) is 0 Å². The van der Waals surface area contributed by atoms with E-state index >= 15 is 0 Å². The van der Waals surface area contributed by atoms with Crippen molar-refractivity contribution < 1.29 is 9.47 Å². The molecule has 0 amide bonds. The Labute approximate surface area is 119 Å². The Morgan fingerprint density at radius 3 is 2.90 bits per heavy atom. The molecule has 0 aliphatic carbocycles. The molecular weight excluding hydrogens is 252 g/mol. The molecule has 2 aromatic rings. The molecule has 4 nitrogen and oxygen atoms in total. The molecule has 20 heavy (non-hydrogen) atoms. The van der Waals surface area contributed by atoms with Gasteiger partial charge in [0.1, 0.15) is 19.1 Å². The molecule has 104 valence electrons. The third-order valence-electron chi connectivity index (χ3n) is 3.35. The molecule has 0 saturated heterocycles. The number of pyridine rings is 1. The number of hydrogen-bond acceptors (Lipinski definition) is 4. The maximum atomic E-state index is 5.73. The van der Waals surface area contributed by atoms with Gasteiger partial charge in [-0.15, -0.1) is 0 Å². The van der Waals surface area contributed by atoms with E-state index in [9.17, 15) is 0 Å². The lowest BCUT2D eigenvalue weighted by Gasteiger charge is -2.25. The number of anilines is 1. The summed E-state index contributed by atoms with van der Waals surface area (Å²) in [5, 5.41) is 0. The second kappa shape index (κ2) is 5.51. The smallest absolute Gasteiger partial charge is 0.142 e. The van der Waals surface area contributed by atoms with Crippen LogP contribution in [0.5, 0.6) is 5.75 Å². The fourth-order valence-electron chi connectivity index (χ4n) is 2.27. The van der Waals surface area contributed by atoms with E-state index in [0.29, 0.717) is 19.9 Å². The highest BCUT2D eigenvalue weighted by Gasteiger charge is 2.13. The van der Waals surface area contributed by atoms with Crippen molar-refractivity contribution in [2.75, 3.05) is 31.9 Å². The van der Waals surface area contributed by atoms with Crippen LogP contribution in [0.1, 0.15) is 5.56 Å². The van der Waals surface area contributed by atoms with Gasteiger partial charge in [-0.3, -0.25) is 4.98 Å². The van der Waals surface area contributed by atoms with Crippen molar-refractivity contribution in [3.63, 3.8) is 0 Å². The third kappa shape index (κ3) is 2.60. The molecule has 0 N–H and O–H groups in total. The van der Waals surface area contributed by atoms with Gasteiger partial charge in [0.05, 0.1) is 18.0 Å². The summed E-state index contributed by atoms with van der Waals surface area (Å²) in [6.07, 6.45) is 1.84. The van der Waals surface area contributed by atoms with E-state index in [1.54, 1.807) is 0 Å². The summed E-state index contributed by atoms with van der Waals surface area (Å²) in [4.78, 5) is 6.48. The van der Waals surface area contributed by atoms with E-state index in [4.69, 9.17) is 9.47 Å². The molecule has 4 heteroatoms. The standard InChI is InChI=1S/C16H18N2O2/c1-12-5-6-17-14(9-12)13-3-4-16-15(10-13)18(2)11-19-7-8-20-16/h3-6,9-10H,7-8,11H2,1-2H3. The lowest BCUT2D eigenvalue weighted by Crippen LogP contribution is -2.26. The highest BCUT2D eigenvalue weighted by molar-refractivity contribution is 5.70. The van der Waals surface area contributed by atoms with Crippen LogP contribution in [0.15, 0.2) is 36.5 Å². The second-order valence-electron chi connectivity index (χ2n) is 4.98. The maximum absolute atomic E-state index is 5.73. The first kappa shape index (κ1) is 12.9. The zero-order chi connectivity index (χ0) is 13.9. The number of hydrogen-bond donors (Lipinski definition) is 0. The summed E-state index contributed by atoms with van der Waals surface area (Å²) in [6.45, 7) is 3.84. The van der Waals surface area contributed by atoms with Crippen LogP contribution in [-0.2, 0) is 4.74 Å². The van der Waals surface area contributed by atoms with Crippen LogP contribution in [0.3, 0.4) is 0 Å². The highest BCUT2D eigenvalue weighted by Crippen LogP contribution is 2.33. The van der Waals surface area contributed by atoms with Gasteiger partial charge in [0.25, 0.3) is 0 Å². The molecule has 0 spiro atoms. The molecule has 1 aliphatic heterocycles. The summed E-state index contributed by atoms with van der Waals surface area (Å²) in [5.74, 6) is 0.896. The summed E-state index contributed by atoms with van der Waals surface area (Å²) in [7, 11) is 2.00. The monoisotopic (exact) mass is 270 g/mol. The molecule has 3 rings (SSSR count). The molecule has 1 aromatic carbocycles. The van der Waals surface area contributed by atoms with Crippen LogP contribution in [0, 0.1) is 6.92 Å². The first-order chi connectivity index (χ1) is 9.74. The SMILES string of the molecule is Cc1ccnc(-c2ccc3c(c2)N(C)COCCO3)c1. The maximum Gasteiger partial charge on any atom is 0.142 e. The van der Waals surface area contributed by atoms with Gasteiger partial charge in [-0.25, -0.2) is 0 Å². The highest BCUT2D eigenvalue weighted by atomic mass is 16.5. The normalized spacial score (nSPS) is 15.0. The van der Waals surface area contributed by atoms with E-state index in [-0.39, 0.29) is 0 Å². The van der Waals surface area contributed by atoms with Crippen LogP contribution < -0.4 is 9.64 Å². The number of nitrogens with zero attached hydrogens (tertiary/aromatic N) is 2. The number of ether oxygens (including phenoxy) is 2. The van der Waals surface area contributed by atoms with Gasteiger partial charge in [0.15, 0.2) is 0 Å². The average Bonchev–Trinajstić information content (AvgIpc) is 2.44. The van der Waals surface area contributed by atoms with Crippen LogP contribution in [-0.4, -0.2) is 32.0 Å². The van der Waals surface area contributed by atoms with E-state index in [1.165, 1.54) is 5.56 Å². The molecule has 1 aromatic heterocycles. The van der Waals surface area contributed by atoms with E-state index in [2.05, 4.69) is 30.1 Å². The van der Waals surface area contributed by atoms with Gasteiger partial charge < -0.3 is 14.4 Å². The minimum atomic E-state index is 0.570. The lowest BCUT2D eigenvalue weighted by molar-refractivity contribution is 0.0954. The molecule has 0 atom stereocenters. The molecule has 0 fully saturated rings. The molecular formula is C16H18N2O2. The molecule has 0 bridgehead atoms. The van der Waals surface area contributed by atoms with E-state index < -0.39 is 0 Å². The predicted octanol–water partition coefficient (Wildman–Crippen LogP) is 2.86. The Bertz CT molecular complexity index is 613. The molecule has 0 unspecified atom stereocenters. The van der Waals surface area contributed by atoms with E-state index in [1.807, 2.05) is 30.3 Å². The Morgan fingerprint density at radius 1 is 1.15 bits per heavy atom. The second-order valence-corrected chi connectivity index (χ2v) is 4.98. The molecule has 1 aliphatic rings. The number of aryl methyl sites for hydroxylation is 1. The zero-order valence-electron chi connectivity index (χ0n) is 11.8. The van der Waals surface area contributed by atoms with Crippen molar-refractivity contribution in [3.8, 4) is 17.0 Å². The number of aromatic nitrogens is 1. The average molecular weight is 270 g/mol. The van der Waals surface area contributed by atoms with Crippen molar-refractivity contribution in [3.05, 3.63) is 42.1 Å². The minimum absolute atomic E-state index is 0.570. The van der Waals surface area contributed by atoms with Crippen LogP contribution in [0.25, 0.3) is 11.3 Å². The number of fused-ring (bicyclic) bond motifs is 1. The summed E-state index contributed by atoms with van der Waals surface area (Å²) in [6, 6.07) is 10.3. The molecule has 0 radical (unpaired) electrons. The zero-order valence-corrected chi connectivity index (χ0v) is 11.8. The first-order valence-electron chi connectivity index (χ1n) is 6.73. The first-order valence-corrected chi connectivity index (χ1v) is 6.73. The number of rotatable bonds is 1. The quantitative estimate of drug-likeness (QED) is 0.798. The van der Waals surface area contributed by atoms with Gasteiger partial charge in [-0.05, 0) is 42.8 Å². The van der Waals surface area contributed by atoms with Crippen LogP contribution in [0.4, 0.5) is 5.69 Å². The van der Waals surface area contributed by atoms with Crippen molar-refractivity contribution in [1.82, 2.24) is 4.98 Å². The largest absolute Gasteiger partial charge is 0.489 e. The summed E-state index contributed by atoms with van der Waals surface area (Å²) >= 11 is 0. The fourth-order valence-corrected chi connectivity index (χ4v) is 2.27. The molecule has 2 heterocycles. The topological polar surface area (TPSA) is 34.6 Å². The van der Waals surface area contributed by atoms with Crippen LogP contribution >= 0.6 is 0 Å². The van der Waals surface area contributed by atoms with E-state index in [0.717, 1.165) is 22.7 Å². The van der Waals surface area contributed by atoms with Crippen molar-refractivity contribution in [2.45, 2.75) is 6.92 Å². The molecule has 0 saturated carbocycles. The Morgan fingerprint density at radius 2 is 2.05 bits per heavy atom. The van der Waals surface area contributed by atoms with Gasteiger partial charge in [-0.2, -0.15) is 0 Å². The van der Waals surface area contributed by atoms with Crippen LogP contribution in [0.2, 0.25) is 0 Å². The van der Waals surface area contributed by atoms with Gasteiger partial charge in [0, 0.05) is 18.8 Å². The van der Waals surface area contributed by atoms with Gasteiger partial charge >= 0.3 is 0 Å². The fraction of sp³-hybridized carbons (Fsp3) is 0.312. The Balaban J connectivity index is 2.02. The number of benzene rings is 1. The minimum Gasteiger partial charge on any atom is -0.489 e. The lowest BCUT2D eigenvalue weighted by atomic mass is 10.1. The van der Waals surface area contributed by atoms with Crippen molar-refractivity contribution in [1.29, 1.82) is 0 Å².